The fraction of sp³-hybridized carbons (Fsp3) is 0.222. The van der Waals surface area contributed by atoms with Gasteiger partial charge in [0, 0.05) is 3.57 Å². The van der Waals surface area contributed by atoms with Gasteiger partial charge in [-0.25, -0.2) is 4.39 Å². The molecule has 0 bridgehead atoms. The van der Waals surface area contributed by atoms with E-state index in [1.807, 2.05) is 22.6 Å². The molecule has 0 heterocycles. The summed E-state index contributed by atoms with van der Waals surface area (Å²) in [6.07, 6.45) is 0.115. The summed E-state index contributed by atoms with van der Waals surface area (Å²) in [5.41, 5.74) is 0.635. The Balaban J connectivity index is 2.83. The minimum atomic E-state index is -0.360. The zero-order valence-electron chi connectivity index (χ0n) is 7.01. The summed E-state index contributed by atoms with van der Waals surface area (Å²) in [6.45, 7) is 0. The lowest BCUT2D eigenvalue weighted by Crippen LogP contribution is -2.04. The number of methoxy groups -OCH3 is 1. The van der Waals surface area contributed by atoms with Crippen molar-refractivity contribution in [2.75, 3.05) is 7.11 Å². The van der Waals surface area contributed by atoms with Crippen LogP contribution in [0.1, 0.15) is 5.56 Å². The number of hydrogen-bond acceptors (Lipinski definition) is 2. The fourth-order valence-corrected chi connectivity index (χ4v) is 1.65. The maximum Gasteiger partial charge on any atom is 0.309 e. The largest absolute Gasteiger partial charge is 0.469 e. The van der Waals surface area contributed by atoms with Crippen LogP contribution in [0.5, 0.6) is 0 Å². The van der Waals surface area contributed by atoms with Crippen molar-refractivity contribution in [1.29, 1.82) is 0 Å². The molecule has 0 aromatic heterocycles. The number of ether oxygens (including phenoxy) is 1. The van der Waals surface area contributed by atoms with Gasteiger partial charge >= 0.3 is 5.97 Å². The van der Waals surface area contributed by atoms with Crippen molar-refractivity contribution in [3.05, 3.63) is 33.1 Å². The van der Waals surface area contributed by atoms with Crippen LogP contribution in [0.4, 0.5) is 4.39 Å². The highest BCUT2D eigenvalue weighted by Gasteiger charge is 2.04. The van der Waals surface area contributed by atoms with Gasteiger partial charge in [-0.1, -0.05) is 0 Å². The van der Waals surface area contributed by atoms with E-state index in [-0.39, 0.29) is 18.2 Å². The molecule has 0 saturated heterocycles. The molecule has 0 amide bonds. The van der Waals surface area contributed by atoms with E-state index in [1.165, 1.54) is 19.2 Å². The van der Waals surface area contributed by atoms with Crippen molar-refractivity contribution < 1.29 is 13.9 Å². The highest BCUT2D eigenvalue weighted by atomic mass is 127. The van der Waals surface area contributed by atoms with Gasteiger partial charge in [0.05, 0.1) is 13.5 Å². The van der Waals surface area contributed by atoms with Crippen LogP contribution in [0.3, 0.4) is 0 Å². The van der Waals surface area contributed by atoms with E-state index in [9.17, 15) is 9.18 Å². The van der Waals surface area contributed by atoms with Gasteiger partial charge in [0.1, 0.15) is 5.82 Å². The summed E-state index contributed by atoms with van der Waals surface area (Å²) in [5.74, 6) is -0.688. The molecular weight excluding hydrogens is 286 g/mol. The van der Waals surface area contributed by atoms with Crippen LogP contribution in [0.25, 0.3) is 0 Å². The standard InChI is InChI=1S/C9H8FIO2/c1-13-9(12)4-6-2-7(10)5-8(11)3-6/h2-3,5H,4H2,1H3. The summed E-state index contributed by atoms with van der Waals surface area (Å²) in [5, 5.41) is 0. The van der Waals surface area contributed by atoms with Gasteiger partial charge in [-0.15, -0.1) is 0 Å². The Bertz CT molecular complexity index is 305. The number of carbonyl (C=O) groups is 1. The second-order valence-corrected chi connectivity index (χ2v) is 3.78. The van der Waals surface area contributed by atoms with Gasteiger partial charge in [0.2, 0.25) is 0 Å². The topological polar surface area (TPSA) is 26.3 Å². The van der Waals surface area contributed by atoms with Crippen molar-refractivity contribution >= 4 is 28.6 Å². The van der Waals surface area contributed by atoms with Gasteiger partial charge in [-0.2, -0.15) is 0 Å². The van der Waals surface area contributed by atoms with Crippen LogP contribution in [0, 0.1) is 9.39 Å². The summed E-state index contributed by atoms with van der Waals surface area (Å²) in [4.78, 5) is 10.9. The smallest absolute Gasteiger partial charge is 0.309 e. The minimum Gasteiger partial charge on any atom is -0.469 e. The monoisotopic (exact) mass is 294 g/mol. The van der Waals surface area contributed by atoms with Crippen molar-refractivity contribution in [3.63, 3.8) is 0 Å². The van der Waals surface area contributed by atoms with Crippen molar-refractivity contribution in [3.8, 4) is 0 Å². The molecule has 0 atom stereocenters. The average molecular weight is 294 g/mol. The van der Waals surface area contributed by atoms with E-state index in [0.29, 0.717) is 5.56 Å². The molecule has 2 nitrogen and oxygen atoms in total. The first-order chi connectivity index (χ1) is 6.11. The maximum absolute atomic E-state index is 12.8. The summed E-state index contributed by atoms with van der Waals surface area (Å²) >= 11 is 2.00. The van der Waals surface area contributed by atoms with E-state index in [0.717, 1.165) is 3.57 Å². The Hall–Kier alpha value is -0.650. The Morgan fingerprint density at radius 2 is 2.23 bits per heavy atom. The van der Waals surface area contributed by atoms with Gasteiger partial charge in [-0.3, -0.25) is 4.79 Å². The number of halogens is 2. The molecule has 0 aliphatic heterocycles. The average Bonchev–Trinajstić information content (AvgIpc) is 2.02. The van der Waals surface area contributed by atoms with E-state index < -0.39 is 0 Å². The van der Waals surface area contributed by atoms with Crippen molar-refractivity contribution in [2.45, 2.75) is 6.42 Å². The lowest BCUT2D eigenvalue weighted by atomic mass is 10.1. The summed E-state index contributed by atoms with van der Waals surface area (Å²) in [6, 6.07) is 4.49. The predicted molar refractivity (Wildman–Crippen MR) is 54.8 cm³/mol. The van der Waals surface area contributed by atoms with Crippen LogP contribution in [-0.4, -0.2) is 13.1 Å². The van der Waals surface area contributed by atoms with Crippen LogP contribution in [0.15, 0.2) is 18.2 Å². The van der Waals surface area contributed by atoms with Crippen molar-refractivity contribution in [1.82, 2.24) is 0 Å². The highest BCUT2D eigenvalue weighted by molar-refractivity contribution is 14.1. The summed E-state index contributed by atoms with van der Waals surface area (Å²) in [7, 11) is 1.31. The molecule has 13 heavy (non-hydrogen) atoms. The van der Waals surface area contributed by atoms with Gasteiger partial charge in [-0.05, 0) is 46.4 Å². The number of rotatable bonds is 2. The van der Waals surface area contributed by atoms with E-state index >= 15 is 0 Å². The first-order valence-corrected chi connectivity index (χ1v) is 4.71. The third-order valence-electron chi connectivity index (χ3n) is 1.50. The molecule has 4 heteroatoms. The molecule has 0 fully saturated rings. The predicted octanol–water partition coefficient (Wildman–Crippen LogP) is 2.15. The Morgan fingerprint density at radius 1 is 1.54 bits per heavy atom. The Labute approximate surface area is 89.2 Å². The van der Waals surface area contributed by atoms with Crippen LogP contribution < -0.4 is 0 Å². The highest BCUT2D eigenvalue weighted by Crippen LogP contribution is 2.12. The van der Waals surface area contributed by atoms with Crippen molar-refractivity contribution in [2.24, 2.45) is 0 Å². The number of esters is 1. The van der Waals surface area contributed by atoms with E-state index in [2.05, 4.69) is 4.74 Å². The number of hydrogen-bond donors (Lipinski definition) is 0. The molecule has 1 aromatic carbocycles. The first-order valence-electron chi connectivity index (χ1n) is 3.63. The van der Waals surface area contributed by atoms with Crippen LogP contribution in [-0.2, 0) is 16.0 Å². The molecule has 0 aliphatic rings. The third-order valence-corrected chi connectivity index (χ3v) is 2.12. The molecule has 0 radical (unpaired) electrons. The van der Waals surface area contributed by atoms with Gasteiger partial charge in [0.15, 0.2) is 0 Å². The Kier molecular flexibility index (Phi) is 3.65. The number of carbonyl (C=O) groups excluding carboxylic acids is 1. The van der Waals surface area contributed by atoms with Gasteiger partial charge < -0.3 is 4.74 Å². The first kappa shape index (κ1) is 10.4. The molecule has 0 saturated carbocycles. The van der Waals surface area contributed by atoms with Crippen LogP contribution >= 0.6 is 22.6 Å². The molecular formula is C9H8FIO2. The minimum absolute atomic E-state index is 0.115. The van der Waals surface area contributed by atoms with E-state index in [1.54, 1.807) is 6.07 Å². The molecule has 0 unspecified atom stereocenters. The second kappa shape index (κ2) is 4.55. The summed E-state index contributed by atoms with van der Waals surface area (Å²) < 4.78 is 18.1. The molecule has 0 spiro atoms. The van der Waals surface area contributed by atoms with Gasteiger partial charge in [0.25, 0.3) is 0 Å². The zero-order chi connectivity index (χ0) is 9.84. The second-order valence-electron chi connectivity index (χ2n) is 2.53. The lowest BCUT2D eigenvalue weighted by molar-refractivity contribution is -0.139. The molecule has 1 rings (SSSR count). The van der Waals surface area contributed by atoms with E-state index in [4.69, 9.17) is 0 Å². The quantitative estimate of drug-likeness (QED) is 0.617. The normalized spacial score (nSPS) is 9.77. The molecule has 0 N–H and O–H groups in total. The zero-order valence-corrected chi connectivity index (χ0v) is 9.17. The maximum atomic E-state index is 12.8. The molecule has 70 valence electrons. The molecule has 1 aromatic rings. The molecule has 0 aliphatic carbocycles. The third kappa shape index (κ3) is 3.30. The SMILES string of the molecule is COC(=O)Cc1cc(F)cc(I)c1. The lowest BCUT2D eigenvalue weighted by Gasteiger charge is -2.00. The van der Waals surface area contributed by atoms with Crippen LogP contribution in [0.2, 0.25) is 0 Å². The number of benzene rings is 1. The fourth-order valence-electron chi connectivity index (χ4n) is 0.952. The Morgan fingerprint density at radius 3 is 2.77 bits per heavy atom.